The highest BCUT2D eigenvalue weighted by atomic mass is 16.2. The van der Waals surface area contributed by atoms with E-state index < -0.39 is 0 Å². The van der Waals surface area contributed by atoms with Gasteiger partial charge in [0.25, 0.3) is 5.91 Å². The number of hydrogen-bond donors (Lipinski definition) is 1. The van der Waals surface area contributed by atoms with Crippen molar-refractivity contribution >= 4 is 11.9 Å². The van der Waals surface area contributed by atoms with Crippen LogP contribution in [0.4, 0.5) is 4.79 Å². The molecule has 0 saturated carbocycles. The zero-order chi connectivity index (χ0) is 15.8. The Morgan fingerprint density at radius 1 is 1.18 bits per heavy atom. The monoisotopic (exact) mass is 304 g/mol. The maximum Gasteiger partial charge on any atom is 0.317 e. The summed E-state index contributed by atoms with van der Waals surface area (Å²) < 4.78 is 0. The predicted octanol–water partition coefficient (Wildman–Crippen LogP) is 1.74. The van der Waals surface area contributed by atoms with E-state index in [1.807, 2.05) is 6.07 Å². The van der Waals surface area contributed by atoms with Crippen LogP contribution in [0.15, 0.2) is 24.4 Å². The topological polar surface area (TPSA) is 65.5 Å². The molecule has 6 heteroatoms. The fourth-order valence-corrected chi connectivity index (χ4v) is 2.46. The summed E-state index contributed by atoms with van der Waals surface area (Å²) in [6.45, 7) is 5.27. The summed E-state index contributed by atoms with van der Waals surface area (Å²) in [7, 11) is 0. The fourth-order valence-electron chi connectivity index (χ4n) is 2.46. The Morgan fingerprint density at radius 2 is 1.95 bits per heavy atom. The Hall–Kier alpha value is -2.11. The van der Waals surface area contributed by atoms with Crippen LogP contribution in [0.1, 0.15) is 36.7 Å². The quantitative estimate of drug-likeness (QED) is 0.862. The standard InChI is InChI=1S/C16H24N4O2/c1-2-3-8-18-16(22)20-11-6-10-19(12-13-20)15(21)14-7-4-5-9-17-14/h4-5,7,9H,2-3,6,8,10-13H2,1H3,(H,18,22). The molecule has 1 aromatic rings. The van der Waals surface area contributed by atoms with Crippen LogP contribution in [0, 0.1) is 0 Å². The van der Waals surface area contributed by atoms with Crippen LogP contribution in [0.25, 0.3) is 0 Å². The number of amides is 3. The number of carbonyl (C=O) groups excluding carboxylic acids is 2. The zero-order valence-electron chi connectivity index (χ0n) is 13.1. The third kappa shape index (κ3) is 4.44. The highest BCUT2D eigenvalue weighted by molar-refractivity contribution is 5.92. The van der Waals surface area contributed by atoms with Gasteiger partial charge in [0.1, 0.15) is 5.69 Å². The van der Waals surface area contributed by atoms with E-state index in [2.05, 4.69) is 17.2 Å². The van der Waals surface area contributed by atoms with Gasteiger partial charge in [-0.3, -0.25) is 9.78 Å². The lowest BCUT2D eigenvalue weighted by molar-refractivity contribution is 0.0756. The largest absolute Gasteiger partial charge is 0.338 e. The lowest BCUT2D eigenvalue weighted by Gasteiger charge is -2.22. The van der Waals surface area contributed by atoms with Gasteiger partial charge in [-0.15, -0.1) is 0 Å². The third-order valence-corrected chi connectivity index (χ3v) is 3.76. The maximum absolute atomic E-state index is 12.4. The first kappa shape index (κ1) is 16.3. The number of hydrogen-bond acceptors (Lipinski definition) is 3. The van der Waals surface area contributed by atoms with Crippen molar-refractivity contribution in [2.45, 2.75) is 26.2 Å². The van der Waals surface area contributed by atoms with Gasteiger partial charge in [0.15, 0.2) is 0 Å². The van der Waals surface area contributed by atoms with Gasteiger partial charge in [0.2, 0.25) is 0 Å². The molecule has 0 atom stereocenters. The Morgan fingerprint density at radius 3 is 2.68 bits per heavy atom. The molecule has 6 nitrogen and oxygen atoms in total. The van der Waals surface area contributed by atoms with Gasteiger partial charge in [-0.05, 0) is 25.0 Å². The lowest BCUT2D eigenvalue weighted by atomic mass is 10.3. The second-order valence-electron chi connectivity index (χ2n) is 5.43. The van der Waals surface area contributed by atoms with Crippen LogP contribution in [0.5, 0.6) is 0 Å². The molecule has 1 aromatic heterocycles. The summed E-state index contributed by atoms with van der Waals surface area (Å²) in [6.07, 6.45) is 4.47. The molecule has 120 valence electrons. The summed E-state index contributed by atoms with van der Waals surface area (Å²) in [5.74, 6) is -0.0613. The number of nitrogens with one attached hydrogen (secondary N) is 1. The number of nitrogens with zero attached hydrogens (tertiary/aromatic N) is 3. The van der Waals surface area contributed by atoms with Gasteiger partial charge in [0, 0.05) is 38.9 Å². The van der Waals surface area contributed by atoms with E-state index in [0.717, 1.165) is 19.3 Å². The van der Waals surface area contributed by atoms with Crippen molar-refractivity contribution < 1.29 is 9.59 Å². The summed E-state index contributed by atoms with van der Waals surface area (Å²) in [5.41, 5.74) is 0.461. The van der Waals surface area contributed by atoms with Crippen LogP contribution < -0.4 is 5.32 Å². The van der Waals surface area contributed by atoms with Crippen LogP contribution in [0.2, 0.25) is 0 Å². The van der Waals surface area contributed by atoms with Crippen molar-refractivity contribution in [2.24, 2.45) is 0 Å². The van der Waals surface area contributed by atoms with E-state index in [-0.39, 0.29) is 11.9 Å². The number of urea groups is 1. The van der Waals surface area contributed by atoms with Gasteiger partial charge in [0.05, 0.1) is 0 Å². The van der Waals surface area contributed by atoms with Crippen molar-refractivity contribution in [1.82, 2.24) is 20.1 Å². The first-order valence-electron chi connectivity index (χ1n) is 7.95. The molecule has 0 bridgehead atoms. The first-order valence-corrected chi connectivity index (χ1v) is 7.95. The van der Waals surface area contributed by atoms with Crippen LogP contribution in [0.3, 0.4) is 0 Å². The Labute approximate surface area is 131 Å². The molecule has 0 radical (unpaired) electrons. The normalized spacial score (nSPS) is 15.3. The van der Waals surface area contributed by atoms with E-state index in [4.69, 9.17) is 0 Å². The minimum Gasteiger partial charge on any atom is -0.338 e. The number of pyridine rings is 1. The van der Waals surface area contributed by atoms with Crippen molar-refractivity contribution in [3.05, 3.63) is 30.1 Å². The first-order chi connectivity index (χ1) is 10.7. The van der Waals surface area contributed by atoms with Crippen LogP contribution in [-0.2, 0) is 0 Å². The van der Waals surface area contributed by atoms with Gasteiger partial charge in [-0.2, -0.15) is 0 Å². The van der Waals surface area contributed by atoms with Crippen molar-refractivity contribution in [1.29, 1.82) is 0 Å². The molecule has 22 heavy (non-hydrogen) atoms. The third-order valence-electron chi connectivity index (χ3n) is 3.76. The Kier molecular flexibility index (Phi) is 6.18. The van der Waals surface area contributed by atoms with Crippen LogP contribution in [-0.4, -0.2) is 59.4 Å². The SMILES string of the molecule is CCCCNC(=O)N1CCCN(C(=O)c2ccccn2)CC1. The second-order valence-corrected chi connectivity index (χ2v) is 5.43. The molecular formula is C16H24N4O2. The van der Waals surface area contributed by atoms with E-state index in [1.165, 1.54) is 0 Å². The molecule has 2 heterocycles. The average molecular weight is 304 g/mol. The minimum atomic E-state index is -0.0613. The highest BCUT2D eigenvalue weighted by Crippen LogP contribution is 2.08. The van der Waals surface area contributed by atoms with E-state index in [9.17, 15) is 9.59 Å². The molecule has 0 spiro atoms. The minimum absolute atomic E-state index is 0.0272. The number of aromatic nitrogens is 1. The molecular weight excluding hydrogens is 280 g/mol. The van der Waals surface area contributed by atoms with E-state index >= 15 is 0 Å². The second kappa shape index (κ2) is 8.36. The molecule has 0 aliphatic carbocycles. The van der Waals surface area contributed by atoms with E-state index in [1.54, 1.807) is 28.1 Å². The molecule has 2 rings (SSSR count). The van der Waals surface area contributed by atoms with Crippen molar-refractivity contribution in [3.8, 4) is 0 Å². The number of rotatable bonds is 4. The summed E-state index contributed by atoms with van der Waals surface area (Å²) >= 11 is 0. The van der Waals surface area contributed by atoms with Gasteiger partial charge >= 0.3 is 6.03 Å². The lowest BCUT2D eigenvalue weighted by Crippen LogP contribution is -2.43. The molecule has 3 amide bonds. The molecule has 1 N–H and O–H groups in total. The smallest absolute Gasteiger partial charge is 0.317 e. The fraction of sp³-hybridized carbons (Fsp3) is 0.562. The molecule has 0 aromatic carbocycles. The molecule has 1 saturated heterocycles. The van der Waals surface area contributed by atoms with Gasteiger partial charge in [-0.25, -0.2) is 4.79 Å². The zero-order valence-corrected chi connectivity index (χ0v) is 13.1. The molecule has 1 fully saturated rings. The predicted molar refractivity (Wildman–Crippen MR) is 84.6 cm³/mol. The molecule has 1 aliphatic heterocycles. The summed E-state index contributed by atoms with van der Waals surface area (Å²) in [6, 6.07) is 5.30. The number of carbonyl (C=O) groups is 2. The highest BCUT2D eigenvalue weighted by Gasteiger charge is 2.23. The summed E-state index contributed by atoms with van der Waals surface area (Å²) in [5, 5.41) is 2.93. The molecule has 0 unspecified atom stereocenters. The van der Waals surface area contributed by atoms with Crippen molar-refractivity contribution in [3.63, 3.8) is 0 Å². The van der Waals surface area contributed by atoms with Crippen molar-refractivity contribution in [2.75, 3.05) is 32.7 Å². The molecule has 1 aliphatic rings. The number of unbranched alkanes of at least 4 members (excludes halogenated alkanes) is 1. The van der Waals surface area contributed by atoms with E-state index in [0.29, 0.717) is 38.4 Å². The van der Waals surface area contributed by atoms with Crippen LogP contribution >= 0.6 is 0 Å². The Balaban J connectivity index is 1.87. The van der Waals surface area contributed by atoms with Gasteiger partial charge in [-0.1, -0.05) is 19.4 Å². The average Bonchev–Trinajstić information content (AvgIpc) is 2.81. The Bertz CT molecular complexity index is 492. The summed E-state index contributed by atoms with van der Waals surface area (Å²) in [4.78, 5) is 32.1. The van der Waals surface area contributed by atoms with Gasteiger partial charge < -0.3 is 15.1 Å². The maximum atomic E-state index is 12.4.